The first kappa shape index (κ1) is 13.0. The van der Waals surface area contributed by atoms with Crippen molar-refractivity contribution in [2.45, 2.75) is 32.1 Å². The number of benzene rings is 1. The predicted octanol–water partition coefficient (Wildman–Crippen LogP) is 3.75. The normalized spacial score (nSPS) is 19.7. The van der Waals surface area contributed by atoms with Crippen LogP contribution >= 0.6 is 15.9 Å². The summed E-state index contributed by atoms with van der Waals surface area (Å²) in [4.78, 5) is 14.6. The maximum Gasteiger partial charge on any atom is 0.230 e. The molecule has 1 aromatic rings. The van der Waals surface area contributed by atoms with Gasteiger partial charge >= 0.3 is 0 Å². The van der Waals surface area contributed by atoms with Crippen molar-refractivity contribution < 1.29 is 9.53 Å². The minimum absolute atomic E-state index is 0.211. The van der Waals surface area contributed by atoms with Crippen LogP contribution < -0.4 is 9.64 Å². The van der Waals surface area contributed by atoms with Crippen molar-refractivity contribution in [3.63, 3.8) is 0 Å². The number of nitrogens with zero attached hydrogens (tertiary/aromatic N) is 1. The predicted molar refractivity (Wildman–Crippen MR) is 78.6 cm³/mol. The zero-order chi connectivity index (χ0) is 13.2. The van der Waals surface area contributed by atoms with Crippen molar-refractivity contribution in [3.8, 4) is 5.75 Å². The van der Waals surface area contributed by atoms with E-state index < -0.39 is 0 Å². The molecule has 0 unspecified atom stereocenters. The Morgan fingerprint density at radius 2 is 2.05 bits per heavy atom. The second-order valence-corrected chi connectivity index (χ2v) is 6.20. The Kier molecular flexibility index (Phi) is 3.78. The smallest absolute Gasteiger partial charge is 0.230 e. The lowest BCUT2D eigenvalue weighted by Gasteiger charge is -2.33. The average molecular weight is 324 g/mol. The van der Waals surface area contributed by atoms with Crippen LogP contribution in [-0.4, -0.2) is 19.1 Å². The Hall–Kier alpha value is -1.03. The fourth-order valence-electron chi connectivity index (χ4n) is 2.99. The molecule has 1 aliphatic heterocycles. The summed E-state index contributed by atoms with van der Waals surface area (Å²) in [5, 5.41) is 0. The van der Waals surface area contributed by atoms with Crippen molar-refractivity contribution >= 4 is 27.5 Å². The van der Waals surface area contributed by atoms with Gasteiger partial charge in [0.05, 0.1) is 12.2 Å². The monoisotopic (exact) mass is 323 g/mol. The number of amides is 1. The van der Waals surface area contributed by atoms with E-state index in [4.69, 9.17) is 4.74 Å². The number of hydrogen-bond acceptors (Lipinski definition) is 2. The van der Waals surface area contributed by atoms with Crippen molar-refractivity contribution in [2.75, 3.05) is 18.1 Å². The summed E-state index contributed by atoms with van der Waals surface area (Å²) in [6, 6.07) is 5.88. The van der Waals surface area contributed by atoms with Gasteiger partial charge in [-0.1, -0.05) is 35.2 Å². The van der Waals surface area contributed by atoms with Gasteiger partial charge in [0, 0.05) is 10.4 Å². The van der Waals surface area contributed by atoms with E-state index in [9.17, 15) is 4.79 Å². The van der Waals surface area contributed by atoms with E-state index in [2.05, 4.69) is 15.9 Å². The van der Waals surface area contributed by atoms with Gasteiger partial charge in [0.2, 0.25) is 5.91 Å². The summed E-state index contributed by atoms with van der Waals surface area (Å²) >= 11 is 3.44. The molecule has 4 heteroatoms. The number of carbonyl (C=O) groups is 1. The summed E-state index contributed by atoms with van der Waals surface area (Å²) in [7, 11) is 0. The molecule has 1 aromatic carbocycles. The molecule has 3 rings (SSSR count). The van der Waals surface area contributed by atoms with E-state index in [-0.39, 0.29) is 11.8 Å². The van der Waals surface area contributed by atoms with Crippen LogP contribution in [0.3, 0.4) is 0 Å². The standard InChI is InChI=1S/C15H18BrNO2/c16-12-6-7-13-14(10-12)19-9-8-17(13)15(18)11-4-2-1-3-5-11/h6-7,10-11H,1-5,8-9H2. The quantitative estimate of drug-likeness (QED) is 0.787. The molecule has 1 aliphatic carbocycles. The Labute approximate surface area is 122 Å². The number of rotatable bonds is 1. The third kappa shape index (κ3) is 2.64. The number of anilines is 1. The summed E-state index contributed by atoms with van der Waals surface area (Å²) < 4.78 is 6.63. The highest BCUT2D eigenvalue weighted by molar-refractivity contribution is 9.10. The highest BCUT2D eigenvalue weighted by Crippen LogP contribution is 2.36. The first-order chi connectivity index (χ1) is 9.25. The molecule has 0 bridgehead atoms. The maximum absolute atomic E-state index is 12.7. The van der Waals surface area contributed by atoms with Crippen LogP contribution in [0.5, 0.6) is 5.75 Å². The van der Waals surface area contributed by atoms with Gasteiger partial charge in [-0.25, -0.2) is 0 Å². The number of hydrogen-bond donors (Lipinski definition) is 0. The molecule has 0 spiro atoms. The van der Waals surface area contributed by atoms with Crippen molar-refractivity contribution in [3.05, 3.63) is 22.7 Å². The van der Waals surface area contributed by atoms with Gasteiger partial charge in [0.15, 0.2) is 0 Å². The fourth-order valence-corrected chi connectivity index (χ4v) is 3.33. The van der Waals surface area contributed by atoms with Gasteiger partial charge in [-0.15, -0.1) is 0 Å². The highest BCUT2D eigenvalue weighted by Gasteiger charge is 2.30. The lowest BCUT2D eigenvalue weighted by atomic mass is 9.88. The second kappa shape index (κ2) is 5.53. The molecule has 0 aromatic heterocycles. The molecule has 102 valence electrons. The Morgan fingerprint density at radius 3 is 2.84 bits per heavy atom. The highest BCUT2D eigenvalue weighted by atomic mass is 79.9. The van der Waals surface area contributed by atoms with E-state index in [0.29, 0.717) is 13.2 Å². The molecular weight excluding hydrogens is 306 g/mol. The van der Waals surface area contributed by atoms with E-state index in [1.165, 1.54) is 19.3 Å². The lowest BCUT2D eigenvalue weighted by Crippen LogP contribution is -2.42. The summed E-state index contributed by atoms with van der Waals surface area (Å²) in [6.07, 6.45) is 5.74. The molecule has 3 nitrogen and oxygen atoms in total. The largest absolute Gasteiger partial charge is 0.489 e. The molecule has 0 N–H and O–H groups in total. The average Bonchev–Trinajstić information content (AvgIpc) is 2.46. The van der Waals surface area contributed by atoms with E-state index >= 15 is 0 Å². The molecule has 2 aliphatic rings. The number of halogens is 1. The van der Waals surface area contributed by atoms with Crippen LogP contribution in [0.4, 0.5) is 5.69 Å². The van der Waals surface area contributed by atoms with Gasteiger partial charge in [-0.3, -0.25) is 4.79 Å². The number of ether oxygens (including phenoxy) is 1. The van der Waals surface area contributed by atoms with Gasteiger partial charge in [-0.05, 0) is 31.0 Å². The molecule has 0 radical (unpaired) electrons. The van der Waals surface area contributed by atoms with Gasteiger partial charge < -0.3 is 9.64 Å². The number of carbonyl (C=O) groups excluding carboxylic acids is 1. The van der Waals surface area contributed by atoms with Crippen LogP contribution in [0.1, 0.15) is 32.1 Å². The Morgan fingerprint density at radius 1 is 1.26 bits per heavy atom. The van der Waals surface area contributed by atoms with E-state index in [1.54, 1.807) is 0 Å². The molecule has 0 saturated heterocycles. The van der Waals surface area contributed by atoms with Gasteiger partial charge in [-0.2, -0.15) is 0 Å². The molecule has 0 atom stereocenters. The van der Waals surface area contributed by atoms with Crippen LogP contribution in [0.2, 0.25) is 0 Å². The molecule has 1 amide bonds. The minimum Gasteiger partial charge on any atom is -0.489 e. The third-order valence-corrected chi connectivity index (χ3v) is 4.50. The summed E-state index contributed by atoms with van der Waals surface area (Å²) in [6.45, 7) is 1.26. The van der Waals surface area contributed by atoms with Crippen LogP contribution in [0.15, 0.2) is 22.7 Å². The maximum atomic E-state index is 12.7. The van der Waals surface area contributed by atoms with E-state index in [1.807, 2.05) is 23.1 Å². The topological polar surface area (TPSA) is 29.5 Å². The SMILES string of the molecule is O=C(C1CCCCC1)N1CCOc2cc(Br)ccc21. The van der Waals surface area contributed by atoms with Crippen LogP contribution in [-0.2, 0) is 4.79 Å². The molecular formula is C15H18BrNO2. The van der Waals surface area contributed by atoms with Crippen molar-refractivity contribution in [1.29, 1.82) is 0 Å². The second-order valence-electron chi connectivity index (χ2n) is 5.29. The molecule has 1 saturated carbocycles. The Balaban J connectivity index is 1.84. The zero-order valence-corrected chi connectivity index (χ0v) is 12.5. The third-order valence-electron chi connectivity index (χ3n) is 4.01. The first-order valence-electron chi connectivity index (χ1n) is 6.99. The van der Waals surface area contributed by atoms with Crippen LogP contribution in [0.25, 0.3) is 0 Å². The fraction of sp³-hybridized carbons (Fsp3) is 0.533. The van der Waals surface area contributed by atoms with Gasteiger partial charge in [0.1, 0.15) is 12.4 Å². The molecule has 19 heavy (non-hydrogen) atoms. The Bertz CT molecular complexity index is 483. The van der Waals surface area contributed by atoms with Crippen LogP contribution in [0, 0.1) is 5.92 Å². The van der Waals surface area contributed by atoms with Gasteiger partial charge in [0.25, 0.3) is 0 Å². The number of fused-ring (bicyclic) bond motifs is 1. The van der Waals surface area contributed by atoms with E-state index in [0.717, 1.165) is 28.8 Å². The summed E-state index contributed by atoms with van der Waals surface area (Å²) in [5.41, 5.74) is 0.921. The molecule has 1 fully saturated rings. The first-order valence-corrected chi connectivity index (χ1v) is 7.79. The van der Waals surface area contributed by atoms with Crippen molar-refractivity contribution in [2.24, 2.45) is 5.92 Å². The molecule has 1 heterocycles. The summed E-state index contributed by atoms with van der Waals surface area (Å²) in [5.74, 6) is 1.31. The lowest BCUT2D eigenvalue weighted by molar-refractivity contribution is -0.123. The zero-order valence-electron chi connectivity index (χ0n) is 10.9. The minimum atomic E-state index is 0.211. The van der Waals surface area contributed by atoms with Crippen molar-refractivity contribution in [1.82, 2.24) is 0 Å².